The van der Waals surface area contributed by atoms with Gasteiger partial charge in [0.1, 0.15) is 0 Å². The van der Waals surface area contributed by atoms with Crippen molar-refractivity contribution in [3.8, 4) is 0 Å². The molecule has 0 fully saturated rings. The normalized spacial score (nSPS) is 16.7. The highest BCUT2D eigenvalue weighted by Crippen LogP contribution is 2.34. The van der Waals surface area contributed by atoms with Gasteiger partial charge in [-0.3, -0.25) is 0 Å². The van der Waals surface area contributed by atoms with Crippen LogP contribution in [-0.2, 0) is 6.54 Å². The molecule has 0 spiro atoms. The molecule has 0 radical (unpaired) electrons. The van der Waals surface area contributed by atoms with Crippen LogP contribution in [0.2, 0.25) is 0 Å². The summed E-state index contributed by atoms with van der Waals surface area (Å²) in [5.41, 5.74) is 5.53. The molecule has 0 amide bonds. The molecule has 4 rings (SSSR count). The molecule has 0 aliphatic carbocycles. The van der Waals surface area contributed by atoms with E-state index >= 15 is 0 Å². The summed E-state index contributed by atoms with van der Waals surface area (Å²) in [5.74, 6) is 0.331. The first-order chi connectivity index (χ1) is 9.43. The lowest BCUT2D eigenvalue weighted by Crippen LogP contribution is -2.43. The lowest BCUT2D eigenvalue weighted by molar-refractivity contribution is -0.698. The van der Waals surface area contributed by atoms with E-state index < -0.39 is 0 Å². The van der Waals surface area contributed by atoms with Gasteiger partial charge in [0, 0.05) is 30.1 Å². The number of aromatic amines is 1. The fraction of sp³-hybridized carbons (Fsp3) is 0.118. The maximum Gasteiger partial charge on any atom is 0.193 e. The Balaban J connectivity index is 1.98. The Morgan fingerprint density at radius 3 is 2.79 bits per heavy atom. The van der Waals surface area contributed by atoms with E-state index in [4.69, 9.17) is 0 Å². The number of hydrogen-bond donors (Lipinski definition) is 1. The van der Waals surface area contributed by atoms with Gasteiger partial charge in [-0.2, -0.15) is 4.57 Å². The zero-order valence-corrected chi connectivity index (χ0v) is 10.6. The van der Waals surface area contributed by atoms with Crippen LogP contribution in [0.5, 0.6) is 0 Å². The molecule has 1 unspecified atom stereocenters. The van der Waals surface area contributed by atoms with Crippen LogP contribution in [0.3, 0.4) is 0 Å². The van der Waals surface area contributed by atoms with E-state index in [-0.39, 0.29) is 0 Å². The average Bonchev–Trinajstić information content (AvgIpc) is 2.98. The topological polar surface area (TPSA) is 19.7 Å². The second-order valence-corrected chi connectivity index (χ2v) is 5.03. The van der Waals surface area contributed by atoms with Gasteiger partial charge in [0.05, 0.1) is 5.92 Å². The monoisotopic (exact) mass is 247 g/mol. The summed E-state index contributed by atoms with van der Waals surface area (Å²) in [6.45, 7) is 0.966. The number of benzene rings is 1. The molecular formula is C17H15N2+. The van der Waals surface area contributed by atoms with E-state index in [0.717, 1.165) is 6.54 Å². The molecular weight excluding hydrogens is 232 g/mol. The van der Waals surface area contributed by atoms with Crippen LogP contribution in [0, 0.1) is 0 Å². The SMILES string of the molecule is c1ccc2c(c1)C[n+]1ccccc1C2c1cc[nH]c1. The summed E-state index contributed by atoms with van der Waals surface area (Å²) in [4.78, 5) is 3.18. The number of nitrogens with one attached hydrogen (secondary N) is 1. The smallest absolute Gasteiger partial charge is 0.193 e. The van der Waals surface area contributed by atoms with Gasteiger partial charge >= 0.3 is 0 Å². The highest BCUT2D eigenvalue weighted by molar-refractivity contribution is 5.43. The van der Waals surface area contributed by atoms with Crippen LogP contribution in [0.4, 0.5) is 0 Å². The number of aromatic nitrogens is 2. The van der Waals surface area contributed by atoms with Gasteiger partial charge in [-0.1, -0.05) is 30.3 Å². The van der Waals surface area contributed by atoms with Crippen LogP contribution in [0.15, 0.2) is 67.1 Å². The first-order valence-electron chi connectivity index (χ1n) is 6.62. The molecule has 1 atom stereocenters. The third kappa shape index (κ3) is 1.60. The number of pyridine rings is 1. The molecule has 19 heavy (non-hydrogen) atoms. The predicted octanol–water partition coefficient (Wildman–Crippen LogP) is 2.84. The number of hydrogen-bond acceptors (Lipinski definition) is 0. The number of nitrogens with zero attached hydrogens (tertiary/aromatic N) is 1. The van der Waals surface area contributed by atoms with Crippen molar-refractivity contribution in [1.29, 1.82) is 0 Å². The highest BCUT2D eigenvalue weighted by Gasteiger charge is 2.32. The van der Waals surface area contributed by atoms with Crippen molar-refractivity contribution < 1.29 is 4.57 Å². The van der Waals surface area contributed by atoms with Gasteiger partial charge in [0.15, 0.2) is 18.4 Å². The molecule has 0 bridgehead atoms. The van der Waals surface area contributed by atoms with Crippen LogP contribution < -0.4 is 4.57 Å². The van der Waals surface area contributed by atoms with E-state index in [1.807, 2.05) is 6.20 Å². The molecule has 1 aliphatic heterocycles. The molecule has 3 aromatic rings. The Kier molecular flexibility index (Phi) is 2.27. The molecule has 92 valence electrons. The van der Waals surface area contributed by atoms with Crippen LogP contribution in [0.25, 0.3) is 0 Å². The van der Waals surface area contributed by atoms with E-state index in [0.29, 0.717) is 5.92 Å². The van der Waals surface area contributed by atoms with Gasteiger partial charge in [-0.15, -0.1) is 0 Å². The summed E-state index contributed by atoms with van der Waals surface area (Å²) in [7, 11) is 0. The van der Waals surface area contributed by atoms with Crippen molar-refractivity contribution in [3.05, 3.63) is 89.5 Å². The van der Waals surface area contributed by atoms with E-state index in [1.54, 1.807) is 0 Å². The Hall–Kier alpha value is -2.35. The summed E-state index contributed by atoms with van der Waals surface area (Å²) in [6, 6.07) is 17.4. The number of rotatable bonds is 1. The van der Waals surface area contributed by atoms with Crippen LogP contribution >= 0.6 is 0 Å². The third-order valence-corrected chi connectivity index (χ3v) is 3.93. The molecule has 1 aliphatic rings. The van der Waals surface area contributed by atoms with Crippen molar-refractivity contribution >= 4 is 0 Å². The molecule has 2 heteroatoms. The molecule has 0 saturated carbocycles. The van der Waals surface area contributed by atoms with Crippen molar-refractivity contribution in [2.24, 2.45) is 0 Å². The average molecular weight is 247 g/mol. The number of H-pyrrole nitrogens is 1. The minimum Gasteiger partial charge on any atom is -0.367 e. The largest absolute Gasteiger partial charge is 0.367 e. The second kappa shape index (κ2) is 4.09. The Bertz CT molecular complexity index is 668. The highest BCUT2D eigenvalue weighted by atomic mass is 15.0. The molecule has 2 nitrogen and oxygen atoms in total. The first kappa shape index (κ1) is 10.6. The van der Waals surface area contributed by atoms with Gasteiger partial charge in [-0.25, -0.2) is 0 Å². The lowest BCUT2D eigenvalue weighted by atomic mass is 9.84. The maximum atomic E-state index is 3.18. The second-order valence-electron chi connectivity index (χ2n) is 5.03. The van der Waals surface area contributed by atoms with Gasteiger partial charge in [0.25, 0.3) is 0 Å². The molecule has 1 N–H and O–H groups in total. The van der Waals surface area contributed by atoms with Gasteiger partial charge in [0.2, 0.25) is 0 Å². The zero-order chi connectivity index (χ0) is 12.7. The molecule has 3 heterocycles. The summed E-state index contributed by atoms with van der Waals surface area (Å²) in [5, 5.41) is 0. The minimum absolute atomic E-state index is 0.331. The van der Waals surface area contributed by atoms with Crippen LogP contribution in [0.1, 0.15) is 28.3 Å². The predicted molar refractivity (Wildman–Crippen MR) is 73.9 cm³/mol. The standard InChI is InChI=1S/C17H15N2/c1-2-6-15-14(5-1)12-19-10-4-3-7-16(19)17(15)13-8-9-18-11-13/h1-11,17-18H,12H2/q+1. The molecule has 2 aromatic heterocycles. The lowest BCUT2D eigenvalue weighted by Gasteiger charge is -2.22. The maximum absolute atomic E-state index is 3.18. The van der Waals surface area contributed by atoms with Crippen LogP contribution in [-0.4, -0.2) is 4.98 Å². The van der Waals surface area contributed by atoms with E-state index in [1.165, 1.54) is 22.4 Å². The summed E-state index contributed by atoms with van der Waals surface area (Å²) in [6.07, 6.45) is 6.27. The fourth-order valence-corrected chi connectivity index (χ4v) is 3.06. The zero-order valence-electron chi connectivity index (χ0n) is 10.6. The quantitative estimate of drug-likeness (QED) is 0.499. The fourth-order valence-electron chi connectivity index (χ4n) is 3.06. The molecule has 1 aromatic carbocycles. The van der Waals surface area contributed by atoms with Gasteiger partial charge < -0.3 is 4.98 Å². The minimum atomic E-state index is 0.331. The Labute approximate surface area is 112 Å². The van der Waals surface area contributed by atoms with Gasteiger partial charge in [-0.05, 0) is 17.2 Å². The van der Waals surface area contributed by atoms with Crippen molar-refractivity contribution in [2.75, 3.05) is 0 Å². The third-order valence-electron chi connectivity index (χ3n) is 3.93. The summed E-state index contributed by atoms with van der Waals surface area (Å²) >= 11 is 0. The van der Waals surface area contributed by atoms with Crippen molar-refractivity contribution in [2.45, 2.75) is 12.5 Å². The van der Waals surface area contributed by atoms with Crippen molar-refractivity contribution in [1.82, 2.24) is 4.98 Å². The molecule has 0 saturated heterocycles. The van der Waals surface area contributed by atoms with E-state index in [2.05, 4.69) is 70.5 Å². The number of fused-ring (bicyclic) bond motifs is 2. The summed E-state index contributed by atoms with van der Waals surface area (Å²) < 4.78 is 2.35. The first-order valence-corrected chi connectivity index (χ1v) is 6.62. The van der Waals surface area contributed by atoms with Crippen molar-refractivity contribution in [3.63, 3.8) is 0 Å². The Morgan fingerprint density at radius 2 is 1.89 bits per heavy atom. The van der Waals surface area contributed by atoms with E-state index in [9.17, 15) is 0 Å². The Morgan fingerprint density at radius 1 is 1.00 bits per heavy atom.